The maximum atomic E-state index is 12.2. The van der Waals surface area contributed by atoms with Crippen molar-refractivity contribution in [3.05, 3.63) is 69.8 Å². The minimum Gasteiger partial charge on any atom is -0.490 e. The molecule has 0 bridgehead atoms. The Morgan fingerprint density at radius 1 is 1.11 bits per heavy atom. The van der Waals surface area contributed by atoms with Gasteiger partial charge in [-0.1, -0.05) is 30.3 Å². The van der Waals surface area contributed by atoms with E-state index in [1.807, 2.05) is 0 Å². The van der Waals surface area contributed by atoms with Crippen LogP contribution >= 0.6 is 0 Å². The SMILES string of the molecule is COc1ccc(C(=O)c2ccccc2)cc1[N+](=O)[O-]. The zero-order valence-corrected chi connectivity index (χ0v) is 10.2. The summed E-state index contributed by atoms with van der Waals surface area (Å²) in [7, 11) is 1.35. The van der Waals surface area contributed by atoms with E-state index in [0.717, 1.165) is 0 Å². The van der Waals surface area contributed by atoms with Crippen LogP contribution in [0, 0.1) is 10.1 Å². The van der Waals surface area contributed by atoms with Crippen LogP contribution in [-0.4, -0.2) is 17.8 Å². The lowest BCUT2D eigenvalue weighted by Crippen LogP contribution is -2.03. The Balaban J connectivity index is 2.44. The van der Waals surface area contributed by atoms with Gasteiger partial charge in [-0.2, -0.15) is 0 Å². The molecule has 0 aromatic heterocycles. The summed E-state index contributed by atoms with van der Waals surface area (Å²) in [5.41, 5.74) is 0.532. The molecule has 0 aliphatic rings. The lowest BCUT2D eigenvalue weighted by atomic mass is 10.0. The molecular weight excluding hydrogens is 246 g/mol. The summed E-state index contributed by atoms with van der Waals surface area (Å²) < 4.78 is 4.89. The molecule has 0 fully saturated rings. The van der Waals surface area contributed by atoms with E-state index >= 15 is 0 Å². The smallest absolute Gasteiger partial charge is 0.311 e. The maximum Gasteiger partial charge on any atom is 0.311 e. The fourth-order valence-electron chi connectivity index (χ4n) is 1.73. The highest BCUT2D eigenvalue weighted by Crippen LogP contribution is 2.28. The van der Waals surface area contributed by atoms with Crippen LogP contribution in [0.25, 0.3) is 0 Å². The number of benzene rings is 2. The summed E-state index contributed by atoms with van der Waals surface area (Å²) in [6, 6.07) is 12.8. The molecule has 0 radical (unpaired) electrons. The van der Waals surface area contributed by atoms with Crippen LogP contribution in [0.1, 0.15) is 15.9 Å². The number of methoxy groups -OCH3 is 1. The average Bonchev–Trinajstić information content (AvgIpc) is 2.46. The van der Waals surface area contributed by atoms with Crippen molar-refractivity contribution in [2.24, 2.45) is 0 Å². The molecule has 0 N–H and O–H groups in total. The van der Waals surface area contributed by atoms with Gasteiger partial charge in [0.15, 0.2) is 11.5 Å². The normalized spacial score (nSPS) is 9.95. The first-order chi connectivity index (χ1) is 9.13. The van der Waals surface area contributed by atoms with Gasteiger partial charge < -0.3 is 4.74 Å². The molecule has 2 aromatic rings. The van der Waals surface area contributed by atoms with Crippen LogP contribution in [0.5, 0.6) is 5.75 Å². The molecule has 0 heterocycles. The van der Waals surface area contributed by atoms with Gasteiger partial charge in [-0.25, -0.2) is 0 Å². The van der Waals surface area contributed by atoms with Crippen LogP contribution in [0.15, 0.2) is 48.5 Å². The van der Waals surface area contributed by atoms with Gasteiger partial charge in [-0.05, 0) is 12.1 Å². The van der Waals surface area contributed by atoms with Crippen LogP contribution < -0.4 is 4.74 Å². The Morgan fingerprint density at radius 2 is 1.79 bits per heavy atom. The Kier molecular flexibility index (Phi) is 3.56. The van der Waals surface area contributed by atoms with Crippen molar-refractivity contribution in [3.63, 3.8) is 0 Å². The highest BCUT2D eigenvalue weighted by atomic mass is 16.6. The second-order valence-corrected chi connectivity index (χ2v) is 3.84. The van der Waals surface area contributed by atoms with Gasteiger partial charge in [0.2, 0.25) is 0 Å². The molecule has 0 amide bonds. The number of ketones is 1. The van der Waals surface area contributed by atoms with Crippen molar-refractivity contribution >= 4 is 11.5 Å². The van der Waals surface area contributed by atoms with E-state index in [9.17, 15) is 14.9 Å². The zero-order valence-electron chi connectivity index (χ0n) is 10.2. The lowest BCUT2D eigenvalue weighted by Gasteiger charge is -2.04. The van der Waals surface area contributed by atoms with Crippen molar-refractivity contribution in [3.8, 4) is 5.75 Å². The van der Waals surface area contributed by atoms with Gasteiger partial charge in [-0.15, -0.1) is 0 Å². The molecule has 2 rings (SSSR count). The average molecular weight is 257 g/mol. The molecule has 96 valence electrons. The number of carbonyl (C=O) groups excluding carboxylic acids is 1. The molecule has 19 heavy (non-hydrogen) atoms. The monoisotopic (exact) mass is 257 g/mol. The number of hydrogen-bond acceptors (Lipinski definition) is 4. The maximum absolute atomic E-state index is 12.2. The van der Waals surface area contributed by atoms with Crippen molar-refractivity contribution in [1.82, 2.24) is 0 Å². The second-order valence-electron chi connectivity index (χ2n) is 3.84. The molecule has 2 aromatic carbocycles. The minimum atomic E-state index is -0.569. The highest BCUT2D eigenvalue weighted by Gasteiger charge is 2.18. The summed E-state index contributed by atoms with van der Waals surface area (Å²) in [5, 5.41) is 10.9. The van der Waals surface area contributed by atoms with Gasteiger partial charge in [0.25, 0.3) is 0 Å². The van der Waals surface area contributed by atoms with Crippen molar-refractivity contribution < 1.29 is 14.5 Å². The van der Waals surface area contributed by atoms with E-state index in [1.165, 1.54) is 25.3 Å². The fourth-order valence-corrected chi connectivity index (χ4v) is 1.73. The minimum absolute atomic E-state index is 0.134. The number of ether oxygens (including phenoxy) is 1. The van der Waals surface area contributed by atoms with Crippen molar-refractivity contribution in [2.75, 3.05) is 7.11 Å². The zero-order chi connectivity index (χ0) is 13.8. The van der Waals surface area contributed by atoms with Gasteiger partial charge >= 0.3 is 5.69 Å². The first-order valence-electron chi connectivity index (χ1n) is 5.55. The quantitative estimate of drug-likeness (QED) is 0.479. The van der Waals surface area contributed by atoms with E-state index in [-0.39, 0.29) is 22.8 Å². The first kappa shape index (κ1) is 12.8. The number of hydrogen-bond donors (Lipinski definition) is 0. The molecule has 0 spiro atoms. The molecule has 0 saturated carbocycles. The molecular formula is C14H11NO4. The summed E-state index contributed by atoms with van der Waals surface area (Å²) in [4.78, 5) is 22.5. The van der Waals surface area contributed by atoms with Gasteiger partial charge in [0, 0.05) is 17.2 Å². The number of nitro groups is 1. The highest BCUT2D eigenvalue weighted by molar-refractivity contribution is 6.09. The van der Waals surface area contributed by atoms with Crippen molar-refractivity contribution in [1.29, 1.82) is 0 Å². The number of carbonyl (C=O) groups is 1. The number of rotatable bonds is 4. The number of nitrogens with zero attached hydrogens (tertiary/aromatic N) is 1. The van der Waals surface area contributed by atoms with Gasteiger partial charge in [-0.3, -0.25) is 14.9 Å². The molecule has 0 saturated heterocycles. The largest absolute Gasteiger partial charge is 0.490 e. The molecule has 5 nitrogen and oxygen atoms in total. The second kappa shape index (κ2) is 5.30. The molecule has 0 aliphatic heterocycles. The van der Waals surface area contributed by atoms with Crippen LogP contribution in [0.4, 0.5) is 5.69 Å². The number of nitro benzene ring substituents is 1. The standard InChI is InChI=1S/C14H11NO4/c1-19-13-8-7-11(9-12(13)15(17)18)14(16)10-5-3-2-4-6-10/h2-9H,1H3. The van der Waals surface area contributed by atoms with Crippen LogP contribution in [0.3, 0.4) is 0 Å². The Bertz CT molecular complexity index is 623. The van der Waals surface area contributed by atoms with Gasteiger partial charge in [0.1, 0.15) is 0 Å². The van der Waals surface area contributed by atoms with Crippen molar-refractivity contribution in [2.45, 2.75) is 0 Å². The Hall–Kier alpha value is -2.69. The predicted octanol–water partition coefficient (Wildman–Crippen LogP) is 2.83. The lowest BCUT2D eigenvalue weighted by molar-refractivity contribution is -0.385. The van der Waals surface area contributed by atoms with Crippen LogP contribution in [0.2, 0.25) is 0 Å². The molecule has 0 unspecified atom stereocenters. The first-order valence-corrected chi connectivity index (χ1v) is 5.55. The molecule has 0 atom stereocenters. The van der Waals surface area contributed by atoms with E-state index < -0.39 is 4.92 Å². The van der Waals surface area contributed by atoms with E-state index in [2.05, 4.69) is 0 Å². The third-order valence-electron chi connectivity index (χ3n) is 2.67. The topological polar surface area (TPSA) is 69.4 Å². The summed E-state index contributed by atoms with van der Waals surface area (Å²) in [5.74, 6) is -0.124. The molecule has 0 aliphatic carbocycles. The van der Waals surface area contributed by atoms with Crippen LogP contribution in [-0.2, 0) is 0 Å². The fraction of sp³-hybridized carbons (Fsp3) is 0.0714. The third kappa shape index (κ3) is 2.60. The van der Waals surface area contributed by atoms with E-state index in [4.69, 9.17) is 4.74 Å². The summed E-state index contributed by atoms with van der Waals surface area (Å²) >= 11 is 0. The molecule has 5 heteroatoms. The summed E-state index contributed by atoms with van der Waals surface area (Å²) in [6.45, 7) is 0. The summed E-state index contributed by atoms with van der Waals surface area (Å²) in [6.07, 6.45) is 0. The predicted molar refractivity (Wildman–Crippen MR) is 69.5 cm³/mol. The van der Waals surface area contributed by atoms with E-state index in [0.29, 0.717) is 5.56 Å². The van der Waals surface area contributed by atoms with E-state index in [1.54, 1.807) is 30.3 Å². The third-order valence-corrected chi connectivity index (χ3v) is 2.67. The Labute approximate surface area is 109 Å². The van der Waals surface area contributed by atoms with Gasteiger partial charge in [0.05, 0.1) is 12.0 Å². The Morgan fingerprint density at radius 3 is 2.37 bits per heavy atom.